The summed E-state index contributed by atoms with van der Waals surface area (Å²) in [5.74, 6) is 5.80. The minimum Gasteiger partial charge on any atom is -0.391 e. The van der Waals surface area contributed by atoms with Gasteiger partial charge in [-0.25, -0.2) is 11.0 Å². The van der Waals surface area contributed by atoms with E-state index in [9.17, 15) is 5.11 Å². The maximum Gasteiger partial charge on any atom is 0.0790 e. The lowest BCUT2D eigenvalue weighted by Gasteiger charge is -2.18. The molecule has 3 N–H and O–H groups in total. The van der Waals surface area contributed by atoms with Gasteiger partial charge in [-0.2, -0.15) is 5.10 Å². The third kappa shape index (κ3) is 4.99. The average molecular weight is 271 g/mol. The van der Waals surface area contributed by atoms with Crippen molar-refractivity contribution >= 4 is 5.71 Å². The molecule has 0 saturated heterocycles. The lowest BCUT2D eigenvalue weighted by atomic mass is 10.1. The van der Waals surface area contributed by atoms with Crippen LogP contribution in [0.2, 0.25) is 0 Å². The van der Waals surface area contributed by atoms with Crippen LogP contribution in [-0.4, -0.2) is 28.6 Å². The van der Waals surface area contributed by atoms with Crippen molar-refractivity contribution in [2.45, 2.75) is 25.4 Å². The number of aliphatic hydroxyl groups excluding tert-OH is 1. The van der Waals surface area contributed by atoms with Gasteiger partial charge < -0.3 is 5.11 Å². The smallest absolute Gasteiger partial charge is 0.0790 e. The Morgan fingerprint density at radius 1 is 1.25 bits per heavy atom. The second-order valence-electron chi connectivity index (χ2n) is 4.88. The van der Waals surface area contributed by atoms with E-state index in [1.54, 1.807) is 0 Å². The highest BCUT2D eigenvalue weighted by atomic mass is 16.3. The van der Waals surface area contributed by atoms with E-state index in [1.807, 2.05) is 42.5 Å². The van der Waals surface area contributed by atoms with Crippen LogP contribution in [0.1, 0.15) is 18.4 Å². The normalized spacial score (nSPS) is 17.4. The van der Waals surface area contributed by atoms with E-state index in [0.717, 1.165) is 18.6 Å². The quantitative estimate of drug-likeness (QED) is 0.614. The van der Waals surface area contributed by atoms with Crippen LogP contribution in [0.25, 0.3) is 0 Å². The van der Waals surface area contributed by atoms with Gasteiger partial charge >= 0.3 is 0 Å². The highest BCUT2D eigenvalue weighted by Gasteiger charge is 2.08. The molecule has 0 fully saturated rings. The molecule has 1 atom stereocenters. The van der Waals surface area contributed by atoms with E-state index in [-0.39, 0.29) is 0 Å². The minimum absolute atomic E-state index is 0.341. The Bertz CT molecular complexity index is 494. The summed E-state index contributed by atoms with van der Waals surface area (Å²) in [4.78, 5) is 0. The fourth-order valence-electron chi connectivity index (χ4n) is 2.07. The molecule has 1 aromatic rings. The molecule has 0 spiro atoms. The fourth-order valence-corrected chi connectivity index (χ4v) is 2.07. The van der Waals surface area contributed by atoms with Gasteiger partial charge in [-0.1, -0.05) is 48.6 Å². The first-order valence-corrected chi connectivity index (χ1v) is 6.89. The molecular formula is C16H21N3O. The predicted molar refractivity (Wildman–Crippen MR) is 82.0 cm³/mol. The third-order valence-electron chi connectivity index (χ3n) is 3.13. The van der Waals surface area contributed by atoms with E-state index < -0.39 is 6.10 Å². The molecule has 0 aromatic heterocycles. The SMILES string of the molecule is NN(CC(O)CCc1ccccc1)/N=C1/C=CC=CC1. The topological polar surface area (TPSA) is 61.8 Å². The first-order valence-electron chi connectivity index (χ1n) is 6.89. The molecule has 0 heterocycles. The van der Waals surface area contributed by atoms with Crippen molar-refractivity contribution in [3.63, 3.8) is 0 Å². The Morgan fingerprint density at radius 3 is 2.75 bits per heavy atom. The van der Waals surface area contributed by atoms with Crippen molar-refractivity contribution in [3.8, 4) is 0 Å². The maximum atomic E-state index is 9.99. The molecule has 20 heavy (non-hydrogen) atoms. The number of aryl methyl sites for hydroxylation is 1. The summed E-state index contributed by atoms with van der Waals surface area (Å²) in [6, 6.07) is 10.1. The van der Waals surface area contributed by atoms with E-state index >= 15 is 0 Å². The summed E-state index contributed by atoms with van der Waals surface area (Å²) >= 11 is 0. The van der Waals surface area contributed by atoms with Gasteiger partial charge in [0.2, 0.25) is 0 Å². The molecule has 1 aliphatic carbocycles. The Kier molecular flexibility index (Phi) is 5.53. The minimum atomic E-state index is -0.479. The number of hydrogen-bond donors (Lipinski definition) is 2. The number of allylic oxidation sites excluding steroid dienone is 4. The first kappa shape index (κ1) is 14.5. The van der Waals surface area contributed by atoms with Crippen molar-refractivity contribution in [2.75, 3.05) is 6.54 Å². The van der Waals surface area contributed by atoms with Gasteiger partial charge in [0, 0.05) is 6.42 Å². The highest BCUT2D eigenvalue weighted by molar-refractivity contribution is 5.96. The largest absolute Gasteiger partial charge is 0.391 e. The molecule has 0 bridgehead atoms. The zero-order valence-electron chi connectivity index (χ0n) is 11.5. The zero-order chi connectivity index (χ0) is 14.2. The molecule has 0 aliphatic heterocycles. The third-order valence-corrected chi connectivity index (χ3v) is 3.13. The van der Waals surface area contributed by atoms with E-state index in [1.165, 1.54) is 10.7 Å². The van der Waals surface area contributed by atoms with Gasteiger partial charge in [0.15, 0.2) is 0 Å². The van der Waals surface area contributed by atoms with Crippen LogP contribution in [0.15, 0.2) is 59.7 Å². The summed E-state index contributed by atoms with van der Waals surface area (Å²) in [6.45, 7) is 0.341. The molecule has 0 amide bonds. The average Bonchev–Trinajstić information content (AvgIpc) is 2.47. The van der Waals surface area contributed by atoms with Crippen LogP contribution in [0.3, 0.4) is 0 Å². The molecule has 2 rings (SSSR count). The fraction of sp³-hybridized carbons (Fsp3) is 0.312. The zero-order valence-corrected chi connectivity index (χ0v) is 11.5. The highest BCUT2D eigenvalue weighted by Crippen LogP contribution is 2.06. The lowest BCUT2D eigenvalue weighted by molar-refractivity contribution is 0.108. The Morgan fingerprint density at radius 2 is 2.05 bits per heavy atom. The maximum absolute atomic E-state index is 9.99. The number of rotatable bonds is 6. The second-order valence-corrected chi connectivity index (χ2v) is 4.88. The van der Waals surface area contributed by atoms with Gasteiger partial charge in [0.25, 0.3) is 0 Å². The number of nitrogens with two attached hydrogens (primary N) is 1. The van der Waals surface area contributed by atoms with Crippen LogP contribution >= 0.6 is 0 Å². The molecule has 1 unspecified atom stereocenters. The molecular weight excluding hydrogens is 250 g/mol. The van der Waals surface area contributed by atoms with Crippen molar-refractivity contribution in [3.05, 3.63) is 60.2 Å². The van der Waals surface area contributed by atoms with Crippen LogP contribution < -0.4 is 5.84 Å². The molecule has 1 aliphatic rings. The summed E-state index contributed by atoms with van der Waals surface area (Å²) in [7, 11) is 0. The molecule has 0 saturated carbocycles. The molecule has 0 radical (unpaired) electrons. The van der Waals surface area contributed by atoms with Crippen molar-refractivity contribution in [2.24, 2.45) is 10.9 Å². The van der Waals surface area contributed by atoms with E-state index in [2.05, 4.69) is 17.2 Å². The Labute approximate surface area is 119 Å². The molecule has 106 valence electrons. The first-order chi connectivity index (χ1) is 9.74. The monoisotopic (exact) mass is 271 g/mol. The number of hydrogen-bond acceptors (Lipinski definition) is 4. The lowest BCUT2D eigenvalue weighted by Crippen LogP contribution is -2.34. The summed E-state index contributed by atoms with van der Waals surface area (Å²) < 4.78 is 0. The molecule has 4 nitrogen and oxygen atoms in total. The number of benzene rings is 1. The summed E-state index contributed by atoms with van der Waals surface area (Å²) in [5.41, 5.74) is 2.13. The standard InChI is InChI=1S/C16H21N3O/c17-19(18-15-9-5-2-6-10-15)13-16(20)12-11-14-7-3-1-4-8-14/h1-9,16,20H,10-13,17H2/b18-15-. The van der Waals surface area contributed by atoms with E-state index in [0.29, 0.717) is 13.0 Å². The molecule has 4 heteroatoms. The van der Waals surface area contributed by atoms with Crippen LogP contribution in [0.4, 0.5) is 0 Å². The second kappa shape index (κ2) is 7.62. The predicted octanol–water partition coefficient (Wildman–Crippen LogP) is 2.03. The molecule has 1 aromatic carbocycles. The van der Waals surface area contributed by atoms with Gasteiger partial charge in [-0.15, -0.1) is 0 Å². The van der Waals surface area contributed by atoms with Crippen LogP contribution in [0.5, 0.6) is 0 Å². The summed E-state index contributed by atoms with van der Waals surface area (Å²) in [5, 5.41) is 15.6. The number of hydrazine groups is 1. The van der Waals surface area contributed by atoms with E-state index in [4.69, 9.17) is 5.84 Å². The van der Waals surface area contributed by atoms with Crippen LogP contribution in [0, 0.1) is 0 Å². The Balaban J connectivity index is 1.75. The summed E-state index contributed by atoms with van der Waals surface area (Å²) in [6.07, 6.45) is 9.69. The van der Waals surface area contributed by atoms with Crippen LogP contribution in [-0.2, 0) is 6.42 Å². The number of nitrogens with zero attached hydrogens (tertiary/aromatic N) is 2. The number of hydrazone groups is 1. The van der Waals surface area contributed by atoms with Gasteiger partial charge in [0.1, 0.15) is 0 Å². The number of aliphatic hydroxyl groups is 1. The Hall–Kier alpha value is -1.91. The van der Waals surface area contributed by atoms with Gasteiger partial charge in [-0.3, -0.25) is 0 Å². The van der Waals surface area contributed by atoms with Crippen molar-refractivity contribution in [1.29, 1.82) is 0 Å². The van der Waals surface area contributed by atoms with Gasteiger partial charge in [-0.05, 0) is 24.5 Å². The van der Waals surface area contributed by atoms with Crippen molar-refractivity contribution < 1.29 is 5.11 Å². The van der Waals surface area contributed by atoms with Crippen molar-refractivity contribution in [1.82, 2.24) is 5.12 Å². The van der Waals surface area contributed by atoms with Gasteiger partial charge in [0.05, 0.1) is 18.4 Å².